The topological polar surface area (TPSA) is 61.8 Å². The van der Waals surface area contributed by atoms with Crippen LogP contribution in [0, 0.1) is 0 Å². The van der Waals surface area contributed by atoms with E-state index in [0.717, 1.165) is 31.2 Å². The molecule has 1 aliphatic rings. The van der Waals surface area contributed by atoms with Gasteiger partial charge in [0.25, 0.3) is 0 Å². The lowest BCUT2D eigenvalue weighted by atomic mass is 9.96. The van der Waals surface area contributed by atoms with Crippen LogP contribution in [0.15, 0.2) is 23.6 Å². The van der Waals surface area contributed by atoms with Crippen molar-refractivity contribution >= 4 is 23.1 Å². The highest BCUT2D eigenvalue weighted by Crippen LogP contribution is 2.31. The molecular weight excluding hydrogens is 340 g/mol. The molecular formula is C19H20O5S. The van der Waals surface area contributed by atoms with Crippen molar-refractivity contribution in [1.29, 1.82) is 0 Å². The second-order valence-corrected chi connectivity index (χ2v) is 6.79. The van der Waals surface area contributed by atoms with E-state index in [-0.39, 0.29) is 12.4 Å². The molecule has 0 radical (unpaired) electrons. The number of carbonyl (C=O) groups is 2. The summed E-state index contributed by atoms with van der Waals surface area (Å²) in [7, 11) is 3.02. The van der Waals surface area contributed by atoms with Crippen molar-refractivity contribution in [2.45, 2.75) is 25.7 Å². The normalized spacial score (nSPS) is 13.0. The van der Waals surface area contributed by atoms with Crippen LogP contribution < -0.4 is 9.47 Å². The largest absolute Gasteiger partial charge is 0.497 e. The Morgan fingerprint density at radius 3 is 2.64 bits per heavy atom. The van der Waals surface area contributed by atoms with Gasteiger partial charge in [-0.25, -0.2) is 4.79 Å². The molecule has 1 aromatic heterocycles. The number of Topliss-reactive ketones (excluding diaryl/α,β-unsaturated/α-hetero) is 1. The minimum Gasteiger partial charge on any atom is -0.497 e. The highest BCUT2D eigenvalue weighted by Gasteiger charge is 2.22. The number of fused-ring (bicyclic) bond motifs is 1. The lowest BCUT2D eigenvalue weighted by Crippen LogP contribution is -2.16. The number of ether oxygens (including phenoxy) is 3. The molecule has 1 heterocycles. The number of thiophene rings is 1. The average molecular weight is 360 g/mol. The SMILES string of the molecule is COc1ccc(C(=O)COC(=O)c2csc3c2CCCC3)c(OC)c1. The van der Waals surface area contributed by atoms with Crippen LogP contribution in [0.25, 0.3) is 0 Å². The average Bonchev–Trinajstić information content (AvgIpc) is 3.09. The highest BCUT2D eigenvalue weighted by molar-refractivity contribution is 7.10. The second-order valence-electron chi connectivity index (χ2n) is 5.82. The first-order valence-corrected chi connectivity index (χ1v) is 9.03. The van der Waals surface area contributed by atoms with Gasteiger partial charge in [-0.2, -0.15) is 0 Å². The summed E-state index contributed by atoms with van der Waals surface area (Å²) >= 11 is 1.60. The molecule has 0 atom stereocenters. The monoisotopic (exact) mass is 360 g/mol. The van der Waals surface area contributed by atoms with Crippen molar-refractivity contribution in [3.8, 4) is 11.5 Å². The molecule has 6 heteroatoms. The first-order chi connectivity index (χ1) is 12.1. The zero-order valence-corrected chi connectivity index (χ0v) is 15.1. The lowest BCUT2D eigenvalue weighted by Gasteiger charge is -2.13. The van der Waals surface area contributed by atoms with Gasteiger partial charge in [-0.05, 0) is 43.4 Å². The summed E-state index contributed by atoms with van der Waals surface area (Å²) in [6.07, 6.45) is 4.18. The fourth-order valence-electron chi connectivity index (χ4n) is 2.98. The first-order valence-electron chi connectivity index (χ1n) is 8.15. The van der Waals surface area contributed by atoms with Crippen molar-refractivity contribution in [3.63, 3.8) is 0 Å². The Bertz CT molecular complexity index is 793. The Morgan fingerprint density at radius 1 is 1.08 bits per heavy atom. The molecule has 0 fully saturated rings. The predicted molar refractivity (Wildman–Crippen MR) is 95.1 cm³/mol. The van der Waals surface area contributed by atoms with E-state index in [2.05, 4.69) is 0 Å². The van der Waals surface area contributed by atoms with Gasteiger partial charge in [0.2, 0.25) is 5.78 Å². The number of rotatable bonds is 6. The maximum Gasteiger partial charge on any atom is 0.339 e. The number of hydrogen-bond donors (Lipinski definition) is 0. The van der Waals surface area contributed by atoms with Crippen molar-refractivity contribution in [1.82, 2.24) is 0 Å². The molecule has 1 aliphatic carbocycles. The second kappa shape index (κ2) is 7.70. The molecule has 0 saturated heterocycles. The number of esters is 1. The Balaban J connectivity index is 1.68. The third kappa shape index (κ3) is 3.69. The molecule has 132 valence electrons. The van der Waals surface area contributed by atoms with Gasteiger partial charge in [-0.15, -0.1) is 11.3 Å². The van der Waals surface area contributed by atoms with Gasteiger partial charge in [-0.1, -0.05) is 0 Å². The van der Waals surface area contributed by atoms with Crippen LogP contribution in [-0.2, 0) is 17.6 Å². The predicted octanol–water partition coefficient (Wildman–Crippen LogP) is 3.68. The summed E-state index contributed by atoms with van der Waals surface area (Å²) in [6, 6.07) is 4.91. The third-order valence-electron chi connectivity index (χ3n) is 4.32. The fourth-order valence-corrected chi connectivity index (χ4v) is 4.10. The highest BCUT2D eigenvalue weighted by atomic mass is 32.1. The van der Waals surface area contributed by atoms with Gasteiger partial charge >= 0.3 is 5.97 Å². The van der Waals surface area contributed by atoms with Crippen molar-refractivity contribution in [3.05, 3.63) is 45.1 Å². The van der Waals surface area contributed by atoms with Crippen LogP contribution in [0.3, 0.4) is 0 Å². The number of methoxy groups -OCH3 is 2. The molecule has 1 aromatic carbocycles. The third-order valence-corrected chi connectivity index (χ3v) is 5.41. The van der Waals surface area contributed by atoms with E-state index in [1.54, 1.807) is 36.6 Å². The first kappa shape index (κ1) is 17.5. The molecule has 0 aliphatic heterocycles. The summed E-state index contributed by atoms with van der Waals surface area (Å²) in [5.74, 6) is 0.251. The van der Waals surface area contributed by atoms with Crippen LogP contribution in [0.1, 0.15) is 44.0 Å². The van der Waals surface area contributed by atoms with E-state index in [4.69, 9.17) is 14.2 Å². The van der Waals surface area contributed by atoms with E-state index >= 15 is 0 Å². The minimum atomic E-state index is -0.430. The molecule has 3 rings (SSSR count). The number of carbonyl (C=O) groups excluding carboxylic acids is 2. The van der Waals surface area contributed by atoms with Gasteiger partial charge in [0.1, 0.15) is 11.5 Å². The molecule has 2 aromatic rings. The van der Waals surface area contributed by atoms with Gasteiger partial charge < -0.3 is 14.2 Å². The molecule has 0 amide bonds. The summed E-state index contributed by atoms with van der Waals surface area (Å²) < 4.78 is 15.6. The summed E-state index contributed by atoms with van der Waals surface area (Å²) in [5, 5.41) is 1.84. The van der Waals surface area contributed by atoms with Crippen LogP contribution in [0.4, 0.5) is 0 Å². The van der Waals surface area contributed by atoms with Crippen LogP contribution >= 0.6 is 11.3 Å². The number of hydrogen-bond acceptors (Lipinski definition) is 6. The van der Waals surface area contributed by atoms with E-state index in [1.165, 1.54) is 12.0 Å². The van der Waals surface area contributed by atoms with E-state index in [9.17, 15) is 9.59 Å². The van der Waals surface area contributed by atoms with Crippen molar-refractivity contribution in [2.24, 2.45) is 0 Å². The van der Waals surface area contributed by atoms with Crippen molar-refractivity contribution < 1.29 is 23.8 Å². The van der Waals surface area contributed by atoms with E-state index < -0.39 is 5.97 Å². The van der Waals surface area contributed by atoms with E-state index in [1.807, 2.05) is 5.38 Å². The Hall–Kier alpha value is -2.34. The minimum absolute atomic E-state index is 0.308. The van der Waals surface area contributed by atoms with Crippen LogP contribution in [0.5, 0.6) is 11.5 Å². The Morgan fingerprint density at radius 2 is 1.88 bits per heavy atom. The van der Waals surface area contributed by atoms with Crippen LogP contribution in [-0.4, -0.2) is 32.6 Å². The maximum atomic E-state index is 12.4. The van der Waals surface area contributed by atoms with Gasteiger partial charge in [-0.3, -0.25) is 4.79 Å². The van der Waals surface area contributed by atoms with Gasteiger partial charge in [0.15, 0.2) is 6.61 Å². The van der Waals surface area contributed by atoms with Crippen molar-refractivity contribution in [2.75, 3.05) is 20.8 Å². The summed E-state index contributed by atoms with van der Waals surface area (Å²) in [5.41, 5.74) is 2.06. The molecule has 0 bridgehead atoms. The van der Waals surface area contributed by atoms with Crippen LogP contribution in [0.2, 0.25) is 0 Å². The lowest BCUT2D eigenvalue weighted by molar-refractivity contribution is 0.0473. The molecule has 0 unspecified atom stereocenters. The Labute approximate surface area is 150 Å². The molecule has 0 N–H and O–H groups in total. The summed E-state index contributed by atoms with van der Waals surface area (Å²) in [6.45, 7) is -0.313. The molecule has 0 spiro atoms. The zero-order chi connectivity index (χ0) is 17.8. The molecule has 25 heavy (non-hydrogen) atoms. The van der Waals surface area contributed by atoms with E-state index in [0.29, 0.717) is 22.6 Å². The molecule has 5 nitrogen and oxygen atoms in total. The standard InChI is InChI=1S/C19H20O5S/c1-22-12-7-8-14(17(9-12)23-2)16(20)10-24-19(21)15-11-25-18-6-4-3-5-13(15)18/h7-9,11H,3-6,10H2,1-2H3. The summed E-state index contributed by atoms with van der Waals surface area (Å²) in [4.78, 5) is 26.0. The van der Waals surface area contributed by atoms with Gasteiger partial charge in [0, 0.05) is 16.3 Å². The zero-order valence-electron chi connectivity index (χ0n) is 14.3. The number of benzene rings is 1. The fraction of sp³-hybridized carbons (Fsp3) is 0.368. The quantitative estimate of drug-likeness (QED) is 0.581. The molecule has 0 saturated carbocycles. The van der Waals surface area contributed by atoms with Gasteiger partial charge in [0.05, 0.1) is 25.3 Å². The Kier molecular flexibility index (Phi) is 5.38. The number of ketones is 1. The number of aryl methyl sites for hydroxylation is 1. The smallest absolute Gasteiger partial charge is 0.339 e. The maximum absolute atomic E-state index is 12.4.